The molecule has 1 fully saturated rings. The second-order valence-corrected chi connectivity index (χ2v) is 7.23. The normalized spacial score (nSPS) is 14.5. The van der Waals surface area contributed by atoms with Gasteiger partial charge in [0, 0.05) is 29.9 Å². The Balaban J connectivity index is 1.82. The molecule has 0 bridgehead atoms. The molecular formula is C22H26N2O2. The average Bonchev–Trinajstić information content (AvgIpc) is 2.55. The number of carbonyl (C=O) groups excluding carboxylic acids is 2. The summed E-state index contributed by atoms with van der Waals surface area (Å²) < 4.78 is 0. The lowest BCUT2D eigenvalue weighted by Crippen LogP contribution is -2.35. The van der Waals surface area contributed by atoms with Crippen LogP contribution in [0.1, 0.15) is 51.9 Å². The Labute approximate surface area is 155 Å². The van der Waals surface area contributed by atoms with E-state index in [-0.39, 0.29) is 11.8 Å². The highest BCUT2D eigenvalue weighted by Gasteiger charge is 2.21. The van der Waals surface area contributed by atoms with Gasteiger partial charge in [-0.15, -0.1) is 0 Å². The first-order valence-corrected chi connectivity index (χ1v) is 9.17. The van der Waals surface area contributed by atoms with Crippen molar-refractivity contribution in [2.75, 3.05) is 16.8 Å². The molecule has 4 heteroatoms. The molecule has 2 aromatic carbocycles. The number of hydrogen-bond acceptors (Lipinski definition) is 2. The fourth-order valence-electron chi connectivity index (χ4n) is 3.83. The molecule has 1 saturated heterocycles. The first-order chi connectivity index (χ1) is 12.4. The van der Waals surface area contributed by atoms with E-state index in [0.29, 0.717) is 6.42 Å². The summed E-state index contributed by atoms with van der Waals surface area (Å²) in [7, 11) is 0. The number of rotatable bonds is 3. The Bertz CT molecular complexity index is 847. The van der Waals surface area contributed by atoms with Crippen molar-refractivity contribution in [3.63, 3.8) is 0 Å². The lowest BCUT2D eigenvalue weighted by molar-refractivity contribution is -0.119. The van der Waals surface area contributed by atoms with Gasteiger partial charge in [-0.1, -0.05) is 17.7 Å². The highest BCUT2D eigenvalue weighted by atomic mass is 16.2. The number of hydrogen-bond donors (Lipinski definition) is 1. The minimum atomic E-state index is -0.0961. The van der Waals surface area contributed by atoms with E-state index >= 15 is 0 Å². The molecule has 0 atom stereocenters. The van der Waals surface area contributed by atoms with Crippen molar-refractivity contribution in [3.8, 4) is 0 Å². The van der Waals surface area contributed by atoms with Crippen LogP contribution in [0.4, 0.5) is 11.4 Å². The Hall–Kier alpha value is -2.62. The number of carbonyl (C=O) groups is 2. The molecule has 2 amide bonds. The Morgan fingerprint density at radius 3 is 2.27 bits per heavy atom. The molecule has 136 valence electrons. The average molecular weight is 350 g/mol. The third-order valence-electron chi connectivity index (χ3n) is 4.97. The number of amides is 2. The summed E-state index contributed by atoms with van der Waals surface area (Å²) >= 11 is 0. The van der Waals surface area contributed by atoms with Crippen LogP contribution >= 0.6 is 0 Å². The maximum atomic E-state index is 12.7. The number of aryl methyl sites for hydroxylation is 4. The van der Waals surface area contributed by atoms with Crippen LogP contribution in [0.25, 0.3) is 0 Å². The van der Waals surface area contributed by atoms with Crippen molar-refractivity contribution in [1.29, 1.82) is 0 Å². The SMILES string of the molecule is Cc1cc(C)c(C(=O)Nc2ccc(N3CCCCC3=O)c(C)c2)c(C)c1. The van der Waals surface area contributed by atoms with E-state index < -0.39 is 0 Å². The summed E-state index contributed by atoms with van der Waals surface area (Å²) in [4.78, 5) is 26.8. The Morgan fingerprint density at radius 1 is 0.962 bits per heavy atom. The van der Waals surface area contributed by atoms with E-state index in [2.05, 4.69) is 5.32 Å². The van der Waals surface area contributed by atoms with Crippen LogP contribution in [0, 0.1) is 27.7 Å². The van der Waals surface area contributed by atoms with Crippen molar-refractivity contribution in [3.05, 3.63) is 58.1 Å². The van der Waals surface area contributed by atoms with Crippen molar-refractivity contribution in [2.24, 2.45) is 0 Å². The van der Waals surface area contributed by atoms with E-state index in [9.17, 15) is 9.59 Å². The van der Waals surface area contributed by atoms with Crippen LogP contribution in [0.15, 0.2) is 30.3 Å². The van der Waals surface area contributed by atoms with Crippen molar-refractivity contribution in [1.82, 2.24) is 0 Å². The number of nitrogens with zero attached hydrogens (tertiary/aromatic N) is 1. The summed E-state index contributed by atoms with van der Waals surface area (Å²) in [5.41, 5.74) is 6.52. The third kappa shape index (κ3) is 3.64. The molecule has 1 aliphatic rings. The number of anilines is 2. The topological polar surface area (TPSA) is 49.4 Å². The number of nitrogens with one attached hydrogen (secondary N) is 1. The van der Waals surface area contributed by atoms with Gasteiger partial charge in [0.15, 0.2) is 0 Å². The lowest BCUT2D eigenvalue weighted by atomic mass is 9.99. The van der Waals surface area contributed by atoms with E-state index in [4.69, 9.17) is 0 Å². The van der Waals surface area contributed by atoms with Gasteiger partial charge in [-0.2, -0.15) is 0 Å². The third-order valence-corrected chi connectivity index (χ3v) is 4.97. The second kappa shape index (κ2) is 7.32. The van der Waals surface area contributed by atoms with E-state index in [0.717, 1.165) is 58.6 Å². The Kier molecular flexibility index (Phi) is 5.12. The highest BCUT2D eigenvalue weighted by molar-refractivity contribution is 6.06. The predicted octanol–water partition coefficient (Wildman–Crippen LogP) is 4.69. The molecule has 1 heterocycles. The summed E-state index contributed by atoms with van der Waals surface area (Å²) in [5, 5.41) is 3.00. The van der Waals surface area contributed by atoms with Gasteiger partial charge in [0.25, 0.3) is 5.91 Å². The van der Waals surface area contributed by atoms with Crippen LogP contribution in [0.3, 0.4) is 0 Å². The van der Waals surface area contributed by atoms with Gasteiger partial charge >= 0.3 is 0 Å². The molecule has 2 aromatic rings. The highest BCUT2D eigenvalue weighted by Crippen LogP contribution is 2.27. The van der Waals surface area contributed by atoms with Gasteiger partial charge in [-0.05, 0) is 75.4 Å². The monoisotopic (exact) mass is 350 g/mol. The number of piperidine rings is 1. The molecular weight excluding hydrogens is 324 g/mol. The van der Waals surface area contributed by atoms with Gasteiger partial charge in [-0.3, -0.25) is 9.59 Å². The van der Waals surface area contributed by atoms with E-state index in [1.165, 1.54) is 0 Å². The summed E-state index contributed by atoms with van der Waals surface area (Å²) in [6, 6.07) is 9.80. The molecule has 4 nitrogen and oxygen atoms in total. The molecule has 3 rings (SSSR count). The summed E-state index contributed by atoms with van der Waals surface area (Å²) in [6.07, 6.45) is 2.62. The number of benzene rings is 2. The smallest absolute Gasteiger partial charge is 0.256 e. The van der Waals surface area contributed by atoms with Crippen LogP contribution in [-0.2, 0) is 4.79 Å². The summed E-state index contributed by atoms with van der Waals surface area (Å²) in [5.74, 6) is 0.0863. The first kappa shape index (κ1) is 18.2. The van der Waals surface area contributed by atoms with Gasteiger partial charge in [0.05, 0.1) is 0 Å². The molecule has 0 unspecified atom stereocenters. The molecule has 0 saturated carbocycles. The Morgan fingerprint density at radius 2 is 1.65 bits per heavy atom. The van der Waals surface area contributed by atoms with Crippen molar-refractivity contribution < 1.29 is 9.59 Å². The van der Waals surface area contributed by atoms with E-state index in [1.54, 1.807) is 0 Å². The molecule has 1 aliphatic heterocycles. The zero-order chi connectivity index (χ0) is 18.8. The maximum Gasteiger partial charge on any atom is 0.256 e. The standard InChI is InChI=1S/C22H26N2O2/c1-14-11-16(3)21(17(4)12-14)22(26)23-18-8-9-19(15(2)13-18)24-10-6-5-7-20(24)25/h8-9,11-13H,5-7,10H2,1-4H3,(H,23,26). The van der Waals surface area contributed by atoms with Gasteiger partial charge in [0.2, 0.25) is 5.91 Å². The zero-order valence-electron chi connectivity index (χ0n) is 16.0. The summed E-state index contributed by atoms with van der Waals surface area (Å²) in [6.45, 7) is 8.71. The van der Waals surface area contributed by atoms with Crippen LogP contribution in [0.5, 0.6) is 0 Å². The van der Waals surface area contributed by atoms with Gasteiger partial charge < -0.3 is 10.2 Å². The largest absolute Gasteiger partial charge is 0.322 e. The zero-order valence-corrected chi connectivity index (χ0v) is 16.0. The molecule has 0 spiro atoms. The molecule has 0 radical (unpaired) electrons. The van der Waals surface area contributed by atoms with Gasteiger partial charge in [-0.25, -0.2) is 0 Å². The van der Waals surface area contributed by atoms with Gasteiger partial charge in [0.1, 0.15) is 0 Å². The lowest BCUT2D eigenvalue weighted by Gasteiger charge is -2.28. The fraction of sp³-hybridized carbons (Fsp3) is 0.364. The molecule has 0 aromatic heterocycles. The van der Waals surface area contributed by atoms with Crippen molar-refractivity contribution in [2.45, 2.75) is 47.0 Å². The van der Waals surface area contributed by atoms with Crippen LogP contribution in [-0.4, -0.2) is 18.4 Å². The quantitative estimate of drug-likeness (QED) is 0.873. The molecule has 0 aliphatic carbocycles. The fourth-order valence-corrected chi connectivity index (χ4v) is 3.83. The van der Waals surface area contributed by atoms with E-state index in [1.807, 2.05) is 62.9 Å². The van der Waals surface area contributed by atoms with Crippen LogP contribution < -0.4 is 10.2 Å². The first-order valence-electron chi connectivity index (χ1n) is 9.17. The minimum Gasteiger partial charge on any atom is -0.322 e. The molecule has 26 heavy (non-hydrogen) atoms. The minimum absolute atomic E-state index is 0.0961. The maximum absolute atomic E-state index is 12.7. The predicted molar refractivity (Wildman–Crippen MR) is 106 cm³/mol. The van der Waals surface area contributed by atoms with Crippen molar-refractivity contribution >= 4 is 23.2 Å². The second-order valence-electron chi connectivity index (χ2n) is 7.23. The molecule has 1 N–H and O–H groups in total. The van der Waals surface area contributed by atoms with Crippen LogP contribution in [0.2, 0.25) is 0 Å².